The van der Waals surface area contributed by atoms with Crippen LogP contribution in [0.25, 0.3) is 0 Å². The third kappa shape index (κ3) is 4.07. The van der Waals surface area contributed by atoms with Crippen LogP contribution in [-0.4, -0.2) is 21.5 Å². The molecule has 3 aromatic rings. The molecule has 5 nitrogen and oxygen atoms in total. The van der Waals surface area contributed by atoms with E-state index in [0.717, 1.165) is 0 Å². The summed E-state index contributed by atoms with van der Waals surface area (Å²) < 4.78 is 36.4. The second-order valence-corrected chi connectivity index (χ2v) is 8.43. The molecule has 0 saturated carbocycles. The Morgan fingerprint density at radius 2 is 1.46 bits per heavy atom. The lowest BCUT2D eigenvalue weighted by molar-refractivity contribution is 0.0729. The maximum atomic E-state index is 12.9. The van der Waals surface area contributed by atoms with Crippen LogP contribution >= 0.6 is 0 Å². The van der Waals surface area contributed by atoms with Crippen LogP contribution in [0.4, 0.5) is 0 Å². The van der Waals surface area contributed by atoms with E-state index in [1.165, 1.54) is 7.11 Å². The summed E-state index contributed by atoms with van der Waals surface area (Å²) in [6, 6.07) is 21.6. The summed E-state index contributed by atoms with van der Waals surface area (Å²) in [5.74, 6) is -0.00193. The average Bonchev–Trinajstić information content (AvgIpc) is 2.74. The summed E-state index contributed by atoms with van der Waals surface area (Å²) in [7, 11) is -2.12. The van der Waals surface area contributed by atoms with Crippen molar-refractivity contribution in [1.29, 1.82) is 0 Å². The Labute approximate surface area is 164 Å². The maximum absolute atomic E-state index is 12.9. The van der Waals surface area contributed by atoms with Crippen LogP contribution in [-0.2, 0) is 9.84 Å². The van der Waals surface area contributed by atoms with Gasteiger partial charge in [0.1, 0.15) is 0 Å². The summed E-state index contributed by atoms with van der Waals surface area (Å²) in [5.41, 5.74) is 0.953. The molecule has 0 aliphatic carbocycles. The van der Waals surface area contributed by atoms with Crippen molar-refractivity contribution < 1.29 is 22.7 Å². The molecule has 144 valence electrons. The molecule has 3 rings (SSSR count). The van der Waals surface area contributed by atoms with Gasteiger partial charge in [0, 0.05) is 0 Å². The molecule has 0 amide bonds. The molecule has 3 aromatic carbocycles. The minimum absolute atomic E-state index is 0.226. The van der Waals surface area contributed by atoms with Crippen LogP contribution in [0.15, 0.2) is 83.8 Å². The molecule has 0 heterocycles. The van der Waals surface area contributed by atoms with Crippen LogP contribution in [0.3, 0.4) is 0 Å². The number of methoxy groups -OCH3 is 1. The molecular weight excluding hydrogens is 376 g/mol. The third-order valence-corrected chi connectivity index (χ3v) is 6.54. The van der Waals surface area contributed by atoms with E-state index in [1.807, 2.05) is 0 Å². The number of carbonyl (C=O) groups is 1. The highest BCUT2D eigenvalue weighted by Crippen LogP contribution is 2.35. The first-order valence-corrected chi connectivity index (χ1v) is 10.2. The molecule has 0 aliphatic heterocycles. The van der Waals surface area contributed by atoms with E-state index < -0.39 is 21.1 Å². The normalized spacial score (nSPS) is 12.2. The van der Waals surface area contributed by atoms with E-state index in [9.17, 15) is 13.2 Å². The minimum Gasteiger partial charge on any atom is -0.493 e. The number of ether oxygens (including phenoxy) is 2. The molecule has 1 atom stereocenters. The van der Waals surface area contributed by atoms with Gasteiger partial charge in [0.15, 0.2) is 21.3 Å². The number of hydrogen-bond donors (Lipinski definition) is 0. The highest BCUT2D eigenvalue weighted by Gasteiger charge is 2.26. The second-order valence-electron chi connectivity index (χ2n) is 6.17. The number of rotatable bonds is 6. The fourth-order valence-corrected chi connectivity index (χ4v) is 4.20. The van der Waals surface area contributed by atoms with Gasteiger partial charge in [-0.2, -0.15) is 0 Å². The Morgan fingerprint density at radius 3 is 2.07 bits per heavy atom. The van der Waals surface area contributed by atoms with Gasteiger partial charge in [0.2, 0.25) is 0 Å². The van der Waals surface area contributed by atoms with Crippen molar-refractivity contribution in [2.75, 3.05) is 7.11 Å². The van der Waals surface area contributed by atoms with E-state index in [2.05, 4.69) is 0 Å². The zero-order valence-corrected chi connectivity index (χ0v) is 16.3. The summed E-state index contributed by atoms with van der Waals surface area (Å²) in [6.45, 7) is 1.62. The van der Waals surface area contributed by atoms with Crippen LogP contribution in [0.1, 0.15) is 28.1 Å². The first kappa shape index (κ1) is 19.6. The second kappa shape index (κ2) is 8.27. The number of benzene rings is 3. The van der Waals surface area contributed by atoms with Gasteiger partial charge >= 0.3 is 5.97 Å². The van der Waals surface area contributed by atoms with Crippen molar-refractivity contribution >= 4 is 15.8 Å². The van der Waals surface area contributed by atoms with E-state index in [0.29, 0.717) is 11.1 Å². The summed E-state index contributed by atoms with van der Waals surface area (Å²) in [5, 5.41) is -0.789. The smallest absolute Gasteiger partial charge is 0.343 e. The van der Waals surface area contributed by atoms with Gasteiger partial charge in [0.25, 0.3) is 0 Å². The zero-order valence-electron chi connectivity index (χ0n) is 15.5. The topological polar surface area (TPSA) is 69.7 Å². The Morgan fingerprint density at radius 1 is 0.857 bits per heavy atom. The predicted molar refractivity (Wildman–Crippen MR) is 106 cm³/mol. The van der Waals surface area contributed by atoms with Crippen LogP contribution in [0.5, 0.6) is 11.5 Å². The van der Waals surface area contributed by atoms with E-state index >= 15 is 0 Å². The fourth-order valence-electron chi connectivity index (χ4n) is 2.75. The van der Waals surface area contributed by atoms with Crippen molar-refractivity contribution in [1.82, 2.24) is 0 Å². The van der Waals surface area contributed by atoms with Gasteiger partial charge in [0.05, 0.1) is 22.8 Å². The first-order valence-electron chi connectivity index (χ1n) is 8.67. The average molecular weight is 396 g/mol. The molecule has 0 aliphatic rings. The van der Waals surface area contributed by atoms with Gasteiger partial charge < -0.3 is 9.47 Å². The van der Waals surface area contributed by atoms with Crippen LogP contribution in [0.2, 0.25) is 0 Å². The fraction of sp³-hybridized carbons (Fsp3) is 0.136. The van der Waals surface area contributed by atoms with Crippen molar-refractivity contribution in [3.63, 3.8) is 0 Å². The van der Waals surface area contributed by atoms with E-state index in [1.54, 1.807) is 85.8 Å². The van der Waals surface area contributed by atoms with Crippen LogP contribution < -0.4 is 9.47 Å². The molecular formula is C22H20O5S. The maximum Gasteiger partial charge on any atom is 0.343 e. The number of carbonyl (C=O) groups excluding carboxylic acids is 1. The lowest BCUT2D eigenvalue weighted by atomic mass is 10.1. The molecule has 6 heteroatoms. The molecule has 0 radical (unpaired) electrons. The lowest BCUT2D eigenvalue weighted by Crippen LogP contribution is -2.12. The zero-order chi connectivity index (χ0) is 20.1. The SMILES string of the molecule is COc1cc([C@H](C)S(=O)(=O)c2ccccc2)ccc1OC(=O)c1ccccc1. The largest absolute Gasteiger partial charge is 0.493 e. The van der Waals surface area contributed by atoms with Crippen molar-refractivity contribution in [3.05, 3.63) is 90.0 Å². The van der Waals surface area contributed by atoms with Gasteiger partial charge in [-0.3, -0.25) is 0 Å². The highest BCUT2D eigenvalue weighted by molar-refractivity contribution is 7.91. The van der Waals surface area contributed by atoms with E-state index in [4.69, 9.17) is 9.47 Å². The van der Waals surface area contributed by atoms with E-state index in [-0.39, 0.29) is 16.4 Å². The minimum atomic E-state index is -3.56. The van der Waals surface area contributed by atoms with Gasteiger partial charge in [-0.25, -0.2) is 13.2 Å². The summed E-state index contributed by atoms with van der Waals surface area (Å²) >= 11 is 0. The Bertz CT molecular complexity index is 1060. The van der Waals surface area contributed by atoms with Crippen molar-refractivity contribution in [3.8, 4) is 11.5 Å². The molecule has 0 aromatic heterocycles. The van der Waals surface area contributed by atoms with Gasteiger partial charge in [-0.15, -0.1) is 0 Å². The first-order chi connectivity index (χ1) is 13.4. The molecule has 0 unspecified atom stereocenters. The highest BCUT2D eigenvalue weighted by atomic mass is 32.2. The standard InChI is InChI=1S/C22H20O5S/c1-16(28(24,25)19-11-7-4-8-12-19)18-13-14-20(21(15-18)26-2)27-22(23)17-9-5-3-6-10-17/h3-16H,1-2H3/t16-/m0/s1. The lowest BCUT2D eigenvalue weighted by Gasteiger charge is -2.16. The summed E-state index contributed by atoms with van der Waals surface area (Å²) in [4.78, 5) is 12.5. The summed E-state index contributed by atoms with van der Waals surface area (Å²) in [6.07, 6.45) is 0. The molecule has 0 spiro atoms. The monoisotopic (exact) mass is 396 g/mol. The van der Waals surface area contributed by atoms with Crippen molar-refractivity contribution in [2.24, 2.45) is 0 Å². The molecule has 28 heavy (non-hydrogen) atoms. The molecule has 0 bridgehead atoms. The van der Waals surface area contributed by atoms with Crippen molar-refractivity contribution in [2.45, 2.75) is 17.1 Å². The number of hydrogen-bond acceptors (Lipinski definition) is 5. The molecule has 0 fully saturated rings. The Hall–Kier alpha value is -3.12. The van der Waals surface area contributed by atoms with Crippen LogP contribution in [0, 0.1) is 0 Å². The number of esters is 1. The Kier molecular flexibility index (Phi) is 5.80. The quantitative estimate of drug-likeness (QED) is 0.455. The predicted octanol–water partition coefficient (Wildman–Crippen LogP) is 4.45. The molecule has 0 N–H and O–H groups in total. The van der Waals surface area contributed by atoms with Gasteiger partial charge in [-0.05, 0) is 48.9 Å². The van der Waals surface area contributed by atoms with Gasteiger partial charge in [-0.1, -0.05) is 42.5 Å². The number of sulfone groups is 1. The Balaban J connectivity index is 1.88. The molecule has 0 saturated heterocycles. The third-order valence-electron chi connectivity index (χ3n) is 4.41.